The minimum absolute atomic E-state index is 0.170. The highest BCUT2D eigenvalue weighted by atomic mass is 16.6. The zero-order valence-electron chi connectivity index (χ0n) is 13.5. The molecule has 126 valence electrons. The summed E-state index contributed by atoms with van der Waals surface area (Å²) in [5, 5.41) is 20.8. The second kappa shape index (κ2) is 6.68. The van der Waals surface area contributed by atoms with Gasteiger partial charge in [-0.05, 0) is 31.1 Å². The molecule has 1 aliphatic carbocycles. The molecule has 0 aromatic carbocycles. The van der Waals surface area contributed by atoms with E-state index in [-0.39, 0.29) is 12.0 Å². The van der Waals surface area contributed by atoms with Crippen LogP contribution in [0.25, 0.3) is 0 Å². The Kier molecular flexibility index (Phi) is 5.06. The van der Waals surface area contributed by atoms with Crippen LogP contribution >= 0.6 is 0 Å². The lowest BCUT2D eigenvalue weighted by molar-refractivity contribution is -0.145. The van der Waals surface area contributed by atoms with Crippen molar-refractivity contribution in [1.29, 1.82) is 0 Å². The first-order valence-corrected chi connectivity index (χ1v) is 7.50. The van der Waals surface area contributed by atoms with E-state index in [4.69, 9.17) is 9.47 Å². The van der Waals surface area contributed by atoms with Gasteiger partial charge in [0.05, 0.1) is 18.1 Å². The molecule has 0 radical (unpaired) electrons. The summed E-state index contributed by atoms with van der Waals surface area (Å²) in [5.41, 5.74) is 1.38. The largest absolute Gasteiger partial charge is 0.458 e. The van der Waals surface area contributed by atoms with Gasteiger partial charge in [0, 0.05) is 18.9 Å². The molecule has 1 saturated heterocycles. The molecule has 5 unspecified atom stereocenters. The lowest BCUT2D eigenvalue weighted by Gasteiger charge is -2.27. The Morgan fingerprint density at radius 1 is 1.30 bits per heavy atom. The van der Waals surface area contributed by atoms with E-state index in [0.717, 1.165) is 0 Å². The van der Waals surface area contributed by atoms with E-state index in [1.165, 1.54) is 13.0 Å². The third kappa shape index (κ3) is 3.71. The Hall–Kier alpha value is -1.92. The van der Waals surface area contributed by atoms with Crippen molar-refractivity contribution in [2.45, 2.75) is 51.6 Å². The zero-order chi connectivity index (χ0) is 17.3. The third-order valence-corrected chi connectivity index (χ3v) is 4.27. The number of carbonyl (C=O) groups is 2. The molecule has 0 aromatic heterocycles. The molecule has 2 rings (SSSR count). The molecule has 0 aromatic rings. The van der Waals surface area contributed by atoms with Crippen LogP contribution in [0.1, 0.15) is 27.2 Å². The van der Waals surface area contributed by atoms with E-state index in [2.05, 4.69) is 6.58 Å². The van der Waals surface area contributed by atoms with Crippen LogP contribution in [-0.4, -0.2) is 46.6 Å². The molecular formula is C17H22O6. The molecule has 2 N–H and O–H groups in total. The number of ether oxygens (including phenoxy) is 2. The monoisotopic (exact) mass is 322 g/mol. The number of esters is 2. The maximum absolute atomic E-state index is 11.7. The van der Waals surface area contributed by atoms with E-state index in [9.17, 15) is 19.8 Å². The summed E-state index contributed by atoms with van der Waals surface area (Å²) in [7, 11) is 0. The Morgan fingerprint density at radius 3 is 2.57 bits per heavy atom. The first kappa shape index (κ1) is 17.4. The van der Waals surface area contributed by atoms with Crippen LogP contribution < -0.4 is 0 Å². The maximum atomic E-state index is 11.7. The first-order valence-electron chi connectivity index (χ1n) is 7.50. The van der Waals surface area contributed by atoms with Crippen molar-refractivity contribution in [1.82, 2.24) is 0 Å². The molecule has 23 heavy (non-hydrogen) atoms. The van der Waals surface area contributed by atoms with Gasteiger partial charge in [-0.25, -0.2) is 4.79 Å². The van der Waals surface area contributed by atoms with Crippen LogP contribution in [0.4, 0.5) is 0 Å². The summed E-state index contributed by atoms with van der Waals surface area (Å²) in [6.45, 7) is 8.39. The van der Waals surface area contributed by atoms with Crippen molar-refractivity contribution in [2.24, 2.45) is 5.92 Å². The molecule has 0 saturated carbocycles. The molecule has 1 fully saturated rings. The number of carbonyl (C=O) groups excluding carboxylic acids is 2. The number of aliphatic hydroxyl groups excluding tert-OH is 2. The molecule has 6 nitrogen and oxygen atoms in total. The standard InChI is InChI=1S/C17H22O6/c1-8-6-15-16(10(3)17(21)23-15)13(20)5-9(2)14(7-12(8)19)22-11(4)18/h5-6,12-16,19-20H,3,7H2,1-2,4H3. The topological polar surface area (TPSA) is 93.1 Å². The van der Waals surface area contributed by atoms with Gasteiger partial charge < -0.3 is 19.7 Å². The third-order valence-electron chi connectivity index (χ3n) is 4.27. The van der Waals surface area contributed by atoms with Crippen molar-refractivity contribution >= 4 is 11.9 Å². The predicted octanol–water partition coefficient (Wildman–Crippen LogP) is 1.03. The molecule has 1 aliphatic heterocycles. The van der Waals surface area contributed by atoms with Crippen LogP contribution in [0, 0.1) is 5.92 Å². The fourth-order valence-corrected chi connectivity index (χ4v) is 2.91. The van der Waals surface area contributed by atoms with E-state index in [1.807, 2.05) is 0 Å². The molecular weight excluding hydrogens is 300 g/mol. The molecule has 6 heteroatoms. The van der Waals surface area contributed by atoms with Crippen LogP contribution in [0.2, 0.25) is 0 Å². The van der Waals surface area contributed by atoms with Crippen LogP contribution in [-0.2, 0) is 19.1 Å². The fourth-order valence-electron chi connectivity index (χ4n) is 2.91. The minimum atomic E-state index is -1.00. The average molecular weight is 322 g/mol. The molecule has 0 amide bonds. The number of fused-ring (bicyclic) bond motifs is 1. The van der Waals surface area contributed by atoms with Crippen LogP contribution in [0.15, 0.2) is 35.5 Å². The molecule has 0 spiro atoms. The summed E-state index contributed by atoms with van der Waals surface area (Å²) < 4.78 is 10.5. The Morgan fingerprint density at radius 2 is 1.96 bits per heavy atom. The molecule has 5 atom stereocenters. The average Bonchev–Trinajstić information content (AvgIpc) is 2.71. The number of hydrogen-bond acceptors (Lipinski definition) is 6. The van der Waals surface area contributed by atoms with Gasteiger partial charge in [0.25, 0.3) is 0 Å². The Balaban J connectivity index is 2.42. The molecule has 2 aliphatic rings. The highest BCUT2D eigenvalue weighted by Gasteiger charge is 2.42. The normalized spacial score (nSPS) is 34.9. The summed E-state index contributed by atoms with van der Waals surface area (Å²) >= 11 is 0. The van der Waals surface area contributed by atoms with Crippen molar-refractivity contribution in [3.8, 4) is 0 Å². The van der Waals surface area contributed by atoms with Gasteiger partial charge in [0.1, 0.15) is 12.2 Å². The van der Waals surface area contributed by atoms with Gasteiger partial charge in [0.2, 0.25) is 0 Å². The second-order valence-electron chi connectivity index (χ2n) is 6.08. The number of rotatable bonds is 1. The number of aliphatic hydroxyl groups is 2. The van der Waals surface area contributed by atoms with E-state index in [1.54, 1.807) is 19.9 Å². The van der Waals surface area contributed by atoms with Crippen molar-refractivity contribution in [3.05, 3.63) is 35.5 Å². The van der Waals surface area contributed by atoms with Gasteiger partial charge in [-0.2, -0.15) is 0 Å². The Bertz CT molecular complexity index is 588. The van der Waals surface area contributed by atoms with E-state index >= 15 is 0 Å². The van der Waals surface area contributed by atoms with Gasteiger partial charge in [-0.1, -0.05) is 12.7 Å². The summed E-state index contributed by atoms with van der Waals surface area (Å²) in [5.74, 6) is -1.65. The smallest absolute Gasteiger partial charge is 0.334 e. The van der Waals surface area contributed by atoms with Gasteiger partial charge >= 0.3 is 11.9 Å². The summed E-state index contributed by atoms with van der Waals surface area (Å²) in [6, 6.07) is 0. The quantitative estimate of drug-likeness (QED) is 0.425. The van der Waals surface area contributed by atoms with Crippen molar-refractivity contribution in [2.75, 3.05) is 0 Å². The van der Waals surface area contributed by atoms with Gasteiger partial charge in [0.15, 0.2) is 0 Å². The summed E-state index contributed by atoms with van der Waals surface area (Å²) in [4.78, 5) is 23.0. The molecule has 0 bridgehead atoms. The van der Waals surface area contributed by atoms with E-state index < -0.39 is 42.3 Å². The Labute approximate surface area is 135 Å². The van der Waals surface area contributed by atoms with Crippen molar-refractivity contribution in [3.63, 3.8) is 0 Å². The maximum Gasteiger partial charge on any atom is 0.334 e. The second-order valence-corrected chi connectivity index (χ2v) is 6.08. The number of hydrogen-bond donors (Lipinski definition) is 2. The first-order chi connectivity index (χ1) is 10.7. The predicted molar refractivity (Wildman–Crippen MR) is 82.2 cm³/mol. The van der Waals surface area contributed by atoms with Gasteiger partial charge in [-0.15, -0.1) is 0 Å². The van der Waals surface area contributed by atoms with Crippen LogP contribution in [0.3, 0.4) is 0 Å². The lowest BCUT2D eigenvalue weighted by atomic mass is 9.86. The van der Waals surface area contributed by atoms with E-state index in [0.29, 0.717) is 11.1 Å². The van der Waals surface area contributed by atoms with Crippen LogP contribution in [0.5, 0.6) is 0 Å². The fraction of sp³-hybridized carbons (Fsp3) is 0.529. The summed E-state index contributed by atoms with van der Waals surface area (Å²) in [6.07, 6.45) is 0.136. The highest BCUT2D eigenvalue weighted by Crippen LogP contribution is 2.34. The SMILES string of the molecule is C=C1C(=O)OC2C=C(C)C(O)CC(OC(C)=O)C(C)=CC(O)C12. The zero-order valence-corrected chi connectivity index (χ0v) is 13.5. The molecule has 1 heterocycles. The lowest BCUT2D eigenvalue weighted by Crippen LogP contribution is -2.32. The minimum Gasteiger partial charge on any atom is -0.458 e. The highest BCUT2D eigenvalue weighted by molar-refractivity contribution is 5.91. The van der Waals surface area contributed by atoms with Crippen molar-refractivity contribution < 1.29 is 29.3 Å². The van der Waals surface area contributed by atoms with Gasteiger partial charge in [-0.3, -0.25) is 4.79 Å².